The van der Waals surface area contributed by atoms with Crippen LogP contribution in [0.4, 0.5) is 4.79 Å². The average Bonchev–Trinajstić information content (AvgIpc) is 3.03. The van der Waals surface area contributed by atoms with Crippen LogP contribution in [0.25, 0.3) is 6.08 Å². The fourth-order valence-corrected chi connectivity index (χ4v) is 4.73. The van der Waals surface area contributed by atoms with E-state index >= 15 is 0 Å². The third-order valence-electron chi connectivity index (χ3n) is 4.59. The molecule has 1 aliphatic heterocycles. The number of amides is 2. The van der Waals surface area contributed by atoms with Crippen molar-refractivity contribution in [3.63, 3.8) is 0 Å². The number of hydrogen-bond donors (Lipinski definition) is 0. The van der Waals surface area contributed by atoms with E-state index in [0.29, 0.717) is 21.8 Å². The van der Waals surface area contributed by atoms with Crippen LogP contribution in [0.5, 0.6) is 5.75 Å². The molecule has 3 aromatic carbocycles. The highest BCUT2D eigenvalue weighted by Gasteiger charge is 2.35. The summed E-state index contributed by atoms with van der Waals surface area (Å²) >= 11 is 6.36. The molecule has 0 aromatic heterocycles. The molecule has 1 saturated heterocycles. The third-order valence-corrected chi connectivity index (χ3v) is 6.96. The van der Waals surface area contributed by atoms with E-state index in [0.717, 1.165) is 25.4 Å². The number of nitrogens with zero attached hydrogens (tertiary/aromatic N) is 1. The van der Waals surface area contributed by atoms with Gasteiger partial charge in [-0.25, -0.2) is 4.79 Å². The molecule has 0 aliphatic carbocycles. The van der Waals surface area contributed by atoms with Gasteiger partial charge in [0.15, 0.2) is 0 Å². The van der Waals surface area contributed by atoms with Gasteiger partial charge in [-0.2, -0.15) is 0 Å². The predicted molar refractivity (Wildman–Crippen MR) is 136 cm³/mol. The van der Waals surface area contributed by atoms with Crippen molar-refractivity contribution in [2.45, 2.75) is 6.54 Å². The van der Waals surface area contributed by atoms with Crippen LogP contribution in [0.3, 0.4) is 0 Å². The fourth-order valence-electron chi connectivity index (χ4n) is 3.02. The molecule has 0 bridgehead atoms. The number of imide groups is 1. The van der Waals surface area contributed by atoms with Crippen LogP contribution in [0, 0.1) is 3.57 Å². The lowest BCUT2D eigenvalue weighted by atomic mass is 10.2. The number of hydrogen-bond acceptors (Lipinski definition) is 5. The van der Waals surface area contributed by atoms with Gasteiger partial charge in [0.1, 0.15) is 5.75 Å². The third kappa shape index (κ3) is 5.31. The van der Waals surface area contributed by atoms with Crippen LogP contribution in [0.2, 0.25) is 0 Å². The second-order valence-electron chi connectivity index (χ2n) is 6.84. The molecule has 1 fully saturated rings. The number of ether oxygens (including phenoxy) is 1. The molecular formula is C24H15BrINO4S. The van der Waals surface area contributed by atoms with Gasteiger partial charge in [-0.1, -0.05) is 52.3 Å². The lowest BCUT2D eigenvalue weighted by molar-refractivity contribution is -0.123. The van der Waals surface area contributed by atoms with Crippen LogP contribution in [-0.2, 0) is 11.3 Å². The zero-order chi connectivity index (χ0) is 22.7. The summed E-state index contributed by atoms with van der Waals surface area (Å²) < 4.78 is 7.22. The van der Waals surface area contributed by atoms with Gasteiger partial charge in [-0.15, -0.1) is 0 Å². The SMILES string of the molecule is O=C(Oc1cccc(/C=C2\SC(=O)N(Cc3ccc(Br)cc3)C2=O)c1)c1ccccc1I. The van der Waals surface area contributed by atoms with Crippen molar-refractivity contribution in [2.75, 3.05) is 0 Å². The van der Waals surface area contributed by atoms with Crippen molar-refractivity contribution < 1.29 is 19.1 Å². The fraction of sp³-hybridized carbons (Fsp3) is 0.0417. The number of rotatable bonds is 5. The molecule has 0 radical (unpaired) electrons. The molecule has 3 aromatic rings. The minimum Gasteiger partial charge on any atom is -0.423 e. The zero-order valence-electron chi connectivity index (χ0n) is 16.5. The highest BCUT2D eigenvalue weighted by Crippen LogP contribution is 2.34. The maximum atomic E-state index is 12.8. The first-order valence-electron chi connectivity index (χ1n) is 9.47. The standard InChI is InChI=1S/C24H15BrINO4S/c25-17-10-8-15(9-11-17)14-27-22(28)21(32-24(27)30)13-16-4-3-5-18(12-16)31-23(29)19-6-1-2-7-20(19)26/h1-13H,14H2/b21-13-. The molecule has 1 heterocycles. The summed E-state index contributed by atoms with van der Waals surface area (Å²) in [5.74, 6) is -0.441. The second kappa shape index (κ2) is 10.0. The normalized spacial score (nSPS) is 14.8. The van der Waals surface area contributed by atoms with Gasteiger partial charge >= 0.3 is 5.97 Å². The topological polar surface area (TPSA) is 63.7 Å². The minimum atomic E-state index is -0.457. The lowest BCUT2D eigenvalue weighted by Gasteiger charge is -2.12. The highest BCUT2D eigenvalue weighted by molar-refractivity contribution is 14.1. The summed E-state index contributed by atoms with van der Waals surface area (Å²) in [7, 11) is 0. The van der Waals surface area contributed by atoms with Crippen LogP contribution in [0.1, 0.15) is 21.5 Å². The Morgan fingerprint density at radius 2 is 1.78 bits per heavy atom. The van der Waals surface area contributed by atoms with Crippen molar-refractivity contribution in [1.29, 1.82) is 0 Å². The Labute approximate surface area is 211 Å². The Bertz CT molecular complexity index is 1240. The maximum absolute atomic E-state index is 12.8. The summed E-state index contributed by atoms with van der Waals surface area (Å²) in [6.45, 7) is 0.211. The van der Waals surface area contributed by atoms with Crippen LogP contribution in [0.15, 0.2) is 82.2 Å². The molecule has 0 spiro atoms. The van der Waals surface area contributed by atoms with E-state index in [1.54, 1.807) is 42.5 Å². The van der Waals surface area contributed by atoms with E-state index in [1.165, 1.54) is 4.90 Å². The number of esters is 1. The quantitative estimate of drug-likeness (QED) is 0.141. The van der Waals surface area contributed by atoms with Gasteiger partial charge in [0.05, 0.1) is 17.0 Å². The molecule has 5 nitrogen and oxygen atoms in total. The Morgan fingerprint density at radius 1 is 1.03 bits per heavy atom. The predicted octanol–water partition coefficient (Wildman–Crippen LogP) is 6.51. The summed E-state index contributed by atoms with van der Waals surface area (Å²) in [4.78, 5) is 39.2. The first-order chi connectivity index (χ1) is 15.4. The van der Waals surface area contributed by atoms with Crippen LogP contribution in [-0.4, -0.2) is 22.0 Å². The van der Waals surface area contributed by atoms with Gasteiger partial charge in [0, 0.05) is 8.04 Å². The van der Waals surface area contributed by atoms with Crippen LogP contribution >= 0.6 is 50.3 Å². The molecule has 1 aliphatic rings. The maximum Gasteiger partial charge on any atom is 0.344 e. The molecule has 160 valence electrons. The van der Waals surface area contributed by atoms with Gasteiger partial charge in [0.2, 0.25) is 0 Å². The molecule has 0 saturated carbocycles. The molecule has 8 heteroatoms. The van der Waals surface area contributed by atoms with Crippen molar-refractivity contribution in [3.05, 3.63) is 102 Å². The average molecular weight is 620 g/mol. The lowest BCUT2D eigenvalue weighted by Crippen LogP contribution is -2.27. The molecule has 32 heavy (non-hydrogen) atoms. The van der Waals surface area contributed by atoms with Crippen LogP contribution < -0.4 is 4.74 Å². The summed E-state index contributed by atoms with van der Waals surface area (Å²) in [6.07, 6.45) is 1.64. The van der Waals surface area contributed by atoms with E-state index in [2.05, 4.69) is 38.5 Å². The smallest absolute Gasteiger partial charge is 0.344 e. The van der Waals surface area contributed by atoms with E-state index in [9.17, 15) is 14.4 Å². The van der Waals surface area contributed by atoms with Crippen molar-refractivity contribution >= 4 is 73.5 Å². The Balaban J connectivity index is 1.49. The van der Waals surface area contributed by atoms with E-state index < -0.39 is 5.97 Å². The van der Waals surface area contributed by atoms with Gasteiger partial charge in [-0.05, 0) is 88.0 Å². The highest BCUT2D eigenvalue weighted by atomic mass is 127. The van der Waals surface area contributed by atoms with Gasteiger partial charge < -0.3 is 4.74 Å². The molecule has 0 N–H and O–H groups in total. The minimum absolute atomic E-state index is 0.211. The van der Waals surface area contributed by atoms with Crippen molar-refractivity contribution in [2.24, 2.45) is 0 Å². The number of benzene rings is 3. The second-order valence-corrected chi connectivity index (χ2v) is 9.91. The van der Waals surface area contributed by atoms with E-state index in [1.807, 2.05) is 36.4 Å². The summed E-state index contributed by atoms with van der Waals surface area (Å²) in [6, 6.07) is 21.5. The monoisotopic (exact) mass is 619 g/mol. The van der Waals surface area contributed by atoms with Crippen molar-refractivity contribution in [1.82, 2.24) is 4.90 Å². The first-order valence-corrected chi connectivity index (χ1v) is 12.2. The van der Waals surface area contributed by atoms with E-state index in [-0.39, 0.29) is 17.7 Å². The molecular weight excluding hydrogens is 605 g/mol. The largest absolute Gasteiger partial charge is 0.423 e. The number of carbonyl (C=O) groups is 3. The number of halogens is 2. The van der Waals surface area contributed by atoms with E-state index in [4.69, 9.17) is 4.74 Å². The molecule has 2 amide bonds. The molecule has 4 rings (SSSR count). The summed E-state index contributed by atoms with van der Waals surface area (Å²) in [5, 5.41) is -0.314. The number of carbonyl (C=O) groups excluding carboxylic acids is 3. The van der Waals surface area contributed by atoms with Gasteiger partial charge in [0.25, 0.3) is 11.1 Å². The Kier molecular flexibility index (Phi) is 7.12. The number of thioether (sulfide) groups is 1. The molecule has 0 unspecified atom stereocenters. The Hall–Kier alpha value is -2.43. The van der Waals surface area contributed by atoms with Gasteiger partial charge in [-0.3, -0.25) is 14.5 Å². The first kappa shape index (κ1) is 22.8. The van der Waals surface area contributed by atoms with Crippen molar-refractivity contribution in [3.8, 4) is 5.75 Å². The molecule has 0 atom stereocenters. The Morgan fingerprint density at radius 3 is 2.53 bits per heavy atom. The zero-order valence-corrected chi connectivity index (χ0v) is 21.0. The summed E-state index contributed by atoms with van der Waals surface area (Å²) in [5.41, 5.74) is 2.00.